The molecule has 1 aliphatic heterocycles. The molecule has 0 aromatic rings. The van der Waals surface area contributed by atoms with Gasteiger partial charge in [-0.15, -0.1) is 0 Å². The number of Topliss-reactive ketones (excluding diaryl/α,β-unsaturated/α-hetero) is 1. The second-order valence-corrected chi connectivity index (χ2v) is 4.16. The molecule has 104 valence electrons. The molecule has 0 spiro atoms. The highest BCUT2D eigenvalue weighted by Crippen LogP contribution is 2.19. The van der Waals surface area contributed by atoms with Crippen LogP contribution in [-0.2, 0) is 14.3 Å². The molecule has 8 heteroatoms. The van der Waals surface area contributed by atoms with Gasteiger partial charge in [0.25, 0.3) is 5.91 Å². The van der Waals surface area contributed by atoms with E-state index in [0.29, 0.717) is 0 Å². The molecular formula is C10H18N2O6. The number of likely N-dealkylation sites (N-methyl/N-ethyl adjacent to an activating group) is 1. The molecule has 1 amide bonds. The molecule has 0 aromatic carbocycles. The number of carbonyl (C=O) groups excluding carboxylic acids is 2. The van der Waals surface area contributed by atoms with E-state index < -0.39 is 36.6 Å². The van der Waals surface area contributed by atoms with Crippen molar-refractivity contribution < 1.29 is 29.6 Å². The summed E-state index contributed by atoms with van der Waals surface area (Å²) in [5.41, 5.74) is 0. The molecule has 1 fully saturated rings. The van der Waals surface area contributed by atoms with Crippen LogP contribution in [-0.4, -0.2) is 71.2 Å². The van der Waals surface area contributed by atoms with E-state index in [1.165, 1.54) is 14.0 Å². The molecule has 0 radical (unpaired) electrons. The minimum atomic E-state index is -1.58. The van der Waals surface area contributed by atoms with Crippen molar-refractivity contribution in [3.63, 3.8) is 0 Å². The van der Waals surface area contributed by atoms with Crippen LogP contribution >= 0.6 is 0 Å². The largest absolute Gasteiger partial charge is 0.388 e. The lowest BCUT2D eigenvalue weighted by Crippen LogP contribution is -2.65. The first-order valence-corrected chi connectivity index (χ1v) is 5.52. The van der Waals surface area contributed by atoms with Gasteiger partial charge in [-0.05, 0) is 14.0 Å². The van der Waals surface area contributed by atoms with E-state index in [-0.39, 0.29) is 12.3 Å². The van der Waals surface area contributed by atoms with Gasteiger partial charge < -0.3 is 30.7 Å². The van der Waals surface area contributed by atoms with Crippen LogP contribution in [0.2, 0.25) is 0 Å². The summed E-state index contributed by atoms with van der Waals surface area (Å²) in [6, 6.07) is -0.901. The Balaban J connectivity index is 2.70. The van der Waals surface area contributed by atoms with E-state index >= 15 is 0 Å². The first-order valence-electron chi connectivity index (χ1n) is 5.52. The number of amides is 1. The molecule has 1 saturated heterocycles. The van der Waals surface area contributed by atoms with Crippen molar-refractivity contribution in [2.75, 3.05) is 13.6 Å². The summed E-state index contributed by atoms with van der Waals surface area (Å²) in [5, 5.41) is 33.7. The fourth-order valence-electron chi connectivity index (χ4n) is 1.75. The number of rotatable bonds is 4. The molecule has 2 unspecified atom stereocenters. The lowest BCUT2D eigenvalue weighted by atomic mass is 9.95. The average molecular weight is 262 g/mol. The van der Waals surface area contributed by atoms with Crippen molar-refractivity contribution in [1.82, 2.24) is 10.6 Å². The van der Waals surface area contributed by atoms with Crippen molar-refractivity contribution in [3.8, 4) is 0 Å². The van der Waals surface area contributed by atoms with E-state index in [4.69, 9.17) is 4.74 Å². The average Bonchev–Trinajstić information content (AvgIpc) is 2.31. The standard InChI is InChI=1S/C10H18N2O6/c1-4(13)3-12-9(16)8-6(14)5(11-2)7(15)10(17)18-8/h5-8,10-11,14-15,17H,3H2,1-2H3,(H,12,16)/t5-,6-,7?,8?,10+/m0/s1. The normalized spacial score (nSPS) is 36.2. The number of aliphatic hydroxyl groups excluding tert-OH is 3. The Kier molecular flexibility index (Phi) is 5.17. The predicted octanol–water partition coefficient (Wildman–Crippen LogP) is -3.28. The zero-order chi connectivity index (χ0) is 13.9. The molecule has 0 aliphatic carbocycles. The Bertz CT molecular complexity index is 323. The molecule has 18 heavy (non-hydrogen) atoms. The molecular weight excluding hydrogens is 244 g/mol. The minimum absolute atomic E-state index is 0.186. The van der Waals surface area contributed by atoms with E-state index in [1.807, 2.05) is 0 Å². The Morgan fingerprint density at radius 1 is 1.22 bits per heavy atom. The summed E-state index contributed by atoms with van der Waals surface area (Å²) in [4.78, 5) is 22.4. The zero-order valence-electron chi connectivity index (χ0n) is 10.2. The van der Waals surface area contributed by atoms with Crippen LogP contribution in [0.1, 0.15) is 6.92 Å². The molecule has 0 bridgehead atoms. The van der Waals surface area contributed by atoms with Crippen LogP contribution < -0.4 is 10.6 Å². The smallest absolute Gasteiger partial charge is 0.252 e. The topological polar surface area (TPSA) is 128 Å². The van der Waals surface area contributed by atoms with Crippen molar-refractivity contribution in [1.29, 1.82) is 0 Å². The second-order valence-electron chi connectivity index (χ2n) is 4.16. The lowest BCUT2D eigenvalue weighted by molar-refractivity contribution is -0.251. The third kappa shape index (κ3) is 3.24. The fourth-order valence-corrected chi connectivity index (χ4v) is 1.75. The first-order chi connectivity index (χ1) is 8.38. The van der Waals surface area contributed by atoms with Crippen LogP contribution in [0.4, 0.5) is 0 Å². The highest BCUT2D eigenvalue weighted by molar-refractivity contribution is 5.87. The Morgan fingerprint density at radius 3 is 2.33 bits per heavy atom. The van der Waals surface area contributed by atoms with Gasteiger partial charge in [0.2, 0.25) is 0 Å². The number of hydrogen-bond acceptors (Lipinski definition) is 7. The Morgan fingerprint density at radius 2 is 1.83 bits per heavy atom. The monoisotopic (exact) mass is 262 g/mol. The van der Waals surface area contributed by atoms with Gasteiger partial charge in [-0.3, -0.25) is 9.59 Å². The summed E-state index contributed by atoms with van der Waals surface area (Å²) < 4.78 is 4.83. The first kappa shape index (κ1) is 15.0. The maximum atomic E-state index is 11.7. The highest BCUT2D eigenvalue weighted by atomic mass is 16.6. The quantitative estimate of drug-likeness (QED) is 0.359. The van der Waals surface area contributed by atoms with E-state index in [2.05, 4.69) is 10.6 Å². The van der Waals surface area contributed by atoms with Gasteiger partial charge in [-0.25, -0.2) is 0 Å². The van der Waals surface area contributed by atoms with Crippen LogP contribution in [0.5, 0.6) is 0 Å². The molecule has 8 nitrogen and oxygen atoms in total. The van der Waals surface area contributed by atoms with Gasteiger partial charge in [0.1, 0.15) is 18.0 Å². The maximum absolute atomic E-state index is 11.7. The lowest BCUT2D eigenvalue weighted by Gasteiger charge is -2.39. The van der Waals surface area contributed by atoms with Gasteiger partial charge in [0.15, 0.2) is 12.4 Å². The molecule has 0 aromatic heterocycles. The fraction of sp³-hybridized carbons (Fsp3) is 0.800. The highest BCUT2D eigenvalue weighted by Gasteiger charge is 2.46. The zero-order valence-corrected chi connectivity index (χ0v) is 10.2. The summed E-state index contributed by atoms with van der Waals surface area (Å²) >= 11 is 0. The number of nitrogens with one attached hydrogen (secondary N) is 2. The molecule has 5 N–H and O–H groups in total. The predicted molar refractivity (Wildman–Crippen MR) is 59.4 cm³/mol. The molecule has 1 heterocycles. The van der Waals surface area contributed by atoms with Gasteiger partial charge in [-0.1, -0.05) is 0 Å². The van der Waals surface area contributed by atoms with Crippen LogP contribution in [0.25, 0.3) is 0 Å². The van der Waals surface area contributed by atoms with Crippen LogP contribution in [0.15, 0.2) is 0 Å². The summed E-state index contributed by atoms with van der Waals surface area (Å²) in [6.45, 7) is 1.11. The number of hydrogen-bond donors (Lipinski definition) is 5. The third-order valence-electron chi connectivity index (χ3n) is 2.73. The van der Waals surface area contributed by atoms with Crippen molar-refractivity contribution >= 4 is 11.7 Å². The second kappa shape index (κ2) is 6.21. The van der Waals surface area contributed by atoms with Gasteiger partial charge in [0.05, 0.1) is 12.6 Å². The molecule has 1 rings (SSSR count). The van der Waals surface area contributed by atoms with Gasteiger partial charge >= 0.3 is 0 Å². The summed E-state index contributed by atoms with van der Waals surface area (Å²) in [7, 11) is 1.47. The van der Waals surface area contributed by atoms with Crippen LogP contribution in [0.3, 0.4) is 0 Å². The Hall–Kier alpha value is -1.06. The number of ketones is 1. The van der Waals surface area contributed by atoms with Crippen molar-refractivity contribution in [2.24, 2.45) is 0 Å². The van der Waals surface area contributed by atoms with Gasteiger partial charge in [-0.2, -0.15) is 0 Å². The number of carbonyl (C=O) groups is 2. The van der Waals surface area contributed by atoms with E-state index in [9.17, 15) is 24.9 Å². The third-order valence-corrected chi connectivity index (χ3v) is 2.73. The summed E-state index contributed by atoms with van der Waals surface area (Å²) in [6.07, 6.45) is -5.61. The molecule has 0 saturated carbocycles. The maximum Gasteiger partial charge on any atom is 0.252 e. The molecule has 5 atom stereocenters. The number of ether oxygens (including phenoxy) is 1. The van der Waals surface area contributed by atoms with E-state index in [0.717, 1.165) is 0 Å². The number of aliphatic hydroxyl groups is 3. The summed E-state index contributed by atoms with van der Waals surface area (Å²) in [5.74, 6) is -0.969. The Labute approximate surface area is 104 Å². The van der Waals surface area contributed by atoms with Crippen molar-refractivity contribution in [2.45, 2.75) is 37.6 Å². The minimum Gasteiger partial charge on any atom is -0.388 e. The SMILES string of the molecule is CN[C@@H]1C(O)[C@H](O)OC(C(=O)NCC(C)=O)[C@H]1O. The molecule has 1 aliphatic rings. The van der Waals surface area contributed by atoms with Gasteiger partial charge in [0, 0.05) is 0 Å². The van der Waals surface area contributed by atoms with E-state index in [1.54, 1.807) is 0 Å². The van der Waals surface area contributed by atoms with Crippen molar-refractivity contribution in [3.05, 3.63) is 0 Å². The van der Waals surface area contributed by atoms with Crippen LogP contribution in [0, 0.1) is 0 Å².